The van der Waals surface area contributed by atoms with E-state index in [2.05, 4.69) is 20.5 Å². The first kappa shape index (κ1) is 22.3. The molecule has 1 atom stereocenters. The number of nitrogens with zero attached hydrogens (tertiary/aromatic N) is 6. The van der Waals surface area contributed by atoms with Crippen molar-refractivity contribution in [3.63, 3.8) is 0 Å². The van der Waals surface area contributed by atoms with Crippen LogP contribution in [0.3, 0.4) is 0 Å². The van der Waals surface area contributed by atoms with Crippen LogP contribution in [-0.4, -0.2) is 34.7 Å². The maximum absolute atomic E-state index is 15.1. The SMILES string of the molecule is Cn1cncc1C(O)(c1ccc2c(c1)c(-c1cccc(Cl)c1)cc1nnnn12)c1ccc(F)cc1F. The van der Waals surface area contributed by atoms with Gasteiger partial charge in [-0.1, -0.05) is 29.8 Å². The molecule has 0 saturated carbocycles. The number of imidazole rings is 1. The Balaban J connectivity index is 1.70. The van der Waals surface area contributed by atoms with Crippen LogP contribution < -0.4 is 0 Å². The van der Waals surface area contributed by atoms with Crippen LogP contribution in [0.25, 0.3) is 27.7 Å². The van der Waals surface area contributed by atoms with E-state index in [4.69, 9.17) is 11.6 Å². The summed E-state index contributed by atoms with van der Waals surface area (Å²) in [6.45, 7) is 0. The molecule has 1 unspecified atom stereocenters. The number of fused-ring (bicyclic) bond motifs is 3. The van der Waals surface area contributed by atoms with E-state index in [-0.39, 0.29) is 5.56 Å². The molecule has 3 aromatic carbocycles. The molecule has 0 bridgehead atoms. The van der Waals surface area contributed by atoms with E-state index in [0.717, 1.165) is 23.3 Å². The van der Waals surface area contributed by atoms with Gasteiger partial charge in [-0.05, 0) is 69.6 Å². The van der Waals surface area contributed by atoms with E-state index in [9.17, 15) is 9.50 Å². The van der Waals surface area contributed by atoms with Crippen LogP contribution in [-0.2, 0) is 12.6 Å². The summed E-state index contributed by atoms with van der Waals surface area (Å²) in [7, 11) is 1.69. The first-order valence-corrected chi connectivity index (χ1v) is 11.3. The van der Waals surface area contributed by atoms with E-state index in [1.165, 1.54) is 18.6 Å². The van der Waals surface area contributed by atoms with Gasteiger partial charge in [0.2, 0.25) is 0 Å². The van der Waals surface area contributed by atoms with Crippen molar-refractivity contribution in [1.82, 2.24) is 29.6 Å². The van der Waals surface area contributed by atoms with Gasteiger partial charge in [0.1, 0.15) is 11.6 Å². The monoisotopic (exact) mass is 502 g/mol. The number of rotatable bonds is 4. The fourth-order valence-electron chi connectivity index (χ4n) is 4.65. The average molecular weight is 503 g/mol. The van der Waals surface area contributed by atoms with E-state index < -0.39 is 17.2 Å². The molecule has 0 aliphatic heterocycles. The second-order valence-electron chi connectivity index (χ2n) is 8.47. The molecule has 0 amide bonds. The molecular formula is C26H17ClF2N6O. The number of aromatic nitrogens is 6. The van der Waals surface area contributed by atoms with Crippen LogP contribution in [0.1, 0.15) is 16.8 Å². The zero-order valence-corrected chi connectivity index (χ0v) is 19.5. The Morgan fingerprint density at radius 1 is 1.00 bits per heavy atom. The lowest BCUT2D eigenvalue weighted by atomic mass is 9.82. The Bertz CT molecular complexity index is 1780. The first-order valence-electron chi connectivity index (χ1n) is 10.9. The van der Waals surface area contributed by atoms with Gasteiger partial charge in [-0.3, -0.25) is 0 Å². The van der Waals surface area contributed by atoms with Crippen LogP contribution >= 0.6 is 11.6 Å². The van der Waals surface area contributed by atoms with E-state index in [1.807, 2.05) is 24.3 Å². The van der Waals surface area contributed by atoms with Gasteiger partial charge in [-0.2, -0.15) is 4.52 Å². The Labute approximate surface area is 208 Å². The third kappa shape index (κ3) is 3.35. The third-order valence-corrected chi connectivity index (χ3v) is 6.58. The largest absolute Gasteiger partial charge is 0.374 e. The number of aryl methyl sites for hydroxylation is 1. The van der Waals surface area contributed by atoms with E-state index in [1.54, 1.807) is 40.4 Å². The molecule has 6 rings (SSSR count). The Hall–Kier alpha value is -4.21. The molecule has 7 nitrogen and oxygen atoms in total. The number of pyridine rings is 1. The van der Waals surface area contributed by atoms with E-state index in [0.29, 0.717) is 32.8 Å². The minimum Gasteiger partial charge on any atom is -0.374 e. The van der Waals surface area contributed by atoms with Gasteiger partial charge in [0, 0.05) is 29.1 Å². The van der Waals surface area contributed by atoms with Crippen LogP contribution in [0.15, 0.2) is 79.3 Å². The van der Waals surface area contributed by atoms with Crippen molar-refractivity contribution in [1.29, 1.82) is 0 Å². The minimum absolute atomic E-state index is 0.111. The highest BCUT2D eigenvalue weighted by molar-refractivity contribution is 6.30. The third-order valence-electron chi connectivity index (χ3n) is 6.34. The normalized spacial score (nSPS) is 13.4. The smallest absolute Gasteiger partial charge is 0.180 e. The second-order valence-corrected chi connectivity index (χ2v) is 8.91. The van der Waals surface area contributed by atoms with Crippen molar-refractivity contribution in [2.75, 3.05) is 0 Å². The molecule has 178 valence electrons. The standard InChI is InChI=1S/C26H17ClF2N6O/c1-34-14-30-13-24(34)26(36,21-7-6-18(28)11-22(21)29)16-5-8-23-20(10-16)19(12-25-31-32-33-35(23)25)15-3-2-4-17(27)9-15/h2-14,36H,1H3. The second kappa shape index (κ2) is 8.18. The molecule has 0 saturated heterocycles. The summed E-state index contributed by atoms with van der Waals surface area (Å²) in [6, 6.07) is 17.4. The van der Waals surface area contributed by atoms with Crippen LogP contribution in [0.4, 0.5) is 8.78 Å². The van der Waals surface area contributed by atoms with Crippen molar-refractivity contribution >= 4 is 28.2 Å². The van der Waals surface area contributed by atoms with Gasteiger partial charge in [0.05, 0.1) is 23.7 Å². The molecule has 3 aromatic heterocycles. The van der Waals surface area contributed by atoms with Crippen molar-refractivity contribution in [3.05, 3.63) is 113 Å². The summed E-state index contributed by atoms with van der Waals surface area (Å²) < 4.78 is 32.1. The average Bonchev–Trinajstić information content (AvgIpc) is 3.52. The summed E-state index contributed by atoms with van der Waals surface area (Å²) in [4.78, 5) is 4.12. The molecule has 0 spiro atoms. The summed E-state index contributed by atoms with van der Waals surface area (Å²) in [6.07, 6.45) is 2.96. The summed E-state index contributed by atoms with van der Waals surface area (Å²) in [5.41, 5.74) is 1.33. The highest BCUT2D eigenvalue weighted by Crippen LogP contribution is 2.40. The van der Waals surface area contributed by atoms with E-state index >= 15 is 4.39 Å². The first-order chi connectivity index (χ1) is 17.4. The van der Waals surface area contributed by atoms with Crippen molar-refractivity contribution in [3.8, 4) is 11.1 Å². The Morgan fingerprint density at radius 2 is 1.86 bits per heavy atom. The lowest BCUT2D eigenvalue weighted by Crippen LogP contribution is -2.32. The van der Waals surface area contributed by atoms with Crippen LogP contribution in [0.2, 0.25) is 5.02 Å². The maximum atomic E-state index is 15.1. The lowest BCUT2D eigenvalue weighted by molar-refractivity contribution is 0.113. The maximum Gasteiger partial charge on any atom is 0.180 e. The van der Waals surface area contributed by atoms with Crippen molar-refractivity contribution in [2.24, 2.45) is 7.05 Å². The van der Waals surface area contributed by atoms with Crippen LogP contribution in [0, 0.1) is 11.6 Å². The fourth-order valence-corrected chi connectivity index (χ4v) is 4.84. The van der Waals surface area contributed by atoms with Gasteiger partial charge >= 0.3 is 0 Å². The predicted octanol–water partition coefficient (Wildman–Crippen LogP) is 4.89. The molecule has 0 aliphatic rings. The molecule has 0 radical (unpaired) electrons. The van der Waals surface area contributed by atoms with Crippen molar-refractivity contribution in [2.45, 2.75) is 5.60 Å². The molecule has 36 heavy (non-hydrogen) atoms. The molecule has 10 heteroatoms. The molecule has 0 aliphatic carbocycles. The van der Waals surface area contributed by atoms with Gasteiger partial charge in [-0.15, -0.1) is 5.10 Å². The number of halogens is 3. The van der Waals surface area contributed by atoms with Gasteiger partial charge < -0.3 is 9.67 Å². The zero-order chi connectivity index (χ0) is 25.0. The summed E-state index contributed by atoms with van der Waals surface area (Å²) in [5.74, 6) is -1.63. The fraction of sp³-hybridized carbons (Fsp3) is 0.0769. The number of hydrogen-bond acceptors (Lipinski definition) is 5. The number of benzene rings is 3. The number of aliphatic hydroxyl groups is 1. The highest BCUT2D eigenvalue weighted by atomic mass is 35.5. The summed E-state index contributed by atoms with van der Waals surface area (Å²) in [5, 5.41) is 25.4. The van der Waals surface area contributed by atoms with Gasteiger partial charge in [-0.25, -0.2) is 13.8 Å². The predicted molar refractivity (Wildman–Crippen MR) is 130 cm³/mol. The summed E-state index contributed by atoms with van der Waals surface area (Å²) >= 11 is 6.27. The molecule has 1 N–H and O–H groups in total. The molecular weight excluding hydrogens is 486 g/mol. The van der Waals surface area contributed by atoms with Gasteiger partial charge in [0.15, 0.2) is 11.2 Å². The minimum atomic E-state index is -1.99. The van der Waals surface area contributed by atoms with Crippen LogP contribution in [0.5, 0.6) is 0 Å². The molecule has 6 aromatic rings. The Morgan fingerprint density at radius 3 is 2.61 bits per heavy atom. The quantitative estimate of drug-likeness (QED) is 0.371. The van der Waals surface area contributed by atoms with Crippen molar-refractivity contribution < 1.29 is 13.9 Å². The number of tetrazole rings is 1. The van der Waals surface area contributed by atoms with Gasteiger partial charge in [0.25, 0.3) is 0 Å². The highest BCUT2D eigenvalue weighted by Gasteiger charge is 2.39. The Kier molecular flexibility index (Phi) is 5.06. The lowest BCUT2D eigenvalue weighted by Gasteiger charge is -2.30. The molecule has 0 fully saturated rings. The topological polar surface area (TPSA) is 81.1 Å². The number of hydrogen-bond donors (Lipinski definition) is 1. The zero-order valence-electron chi connectivity index (χ0n) is 18.8. The molecule has 3 heterocycles.